The fourth-order valence-electron chi connectivity index (χ4n) is 9.78. The van der Waals surface area contributed by atoms with Gasteiger partial charge in [-0.2, -0.15) is 0 Å². The number of fused-ring (bicyclic) bond motifs is 14. The number of hydrogen-bond acceptors (Lipinski definition) is 2. The van der Waals surface area contributed by atoms with Crippen LogP contribution in [-0.2, 0) is 5.41 Å². The van der Waals surface area contributed by atoms with Gasteiger partial charge in [0.05, 0.1) is 22.1 Å². The van der Waals surface area contributed by atoms with E-state index in [1.807, 2.05) is 6.07 Å². The minimum atomic E-state index is -0.165. The molecule has 3 nitrogen and oxygen atoms in total. The van der Waals surface area contributed by atoms with Gasteiger partial charge in [0.15, 0.2) is 5.82 Å². The zero-order valence-corrected chi connectivity index (χ0v) is 31.1. The summed E-state index contributed by atoms with van der Waals surface area (Å²) < 4.78 is 2.44. The first-order valence-corrected chi connectivity index (χ1v) is 19.4. The van der Waals surface area contributed by atoms with E-state index in [1.54, 1.807) is 0 Å². The van der Waals surface area contributed by atoms with Crippen molar-refractivity contribution in [3.8, 4) is 39.3 Å². The SMILES string of the molecule is CC1(C)c2cc(-c3cccc4c5c6ccccc6c6ccccc6c5n(-c5nc6ccccc6nc5-c5ccccc5)c34)ccc2-c2c1ccc1ccccc21. The molecule has 0 saturated carbocycles. The second-order valence-electron chi connectivity index (χ2n) is 15.7. The van der Waals surface area contributed by atoms with Crippen molar-refractivity contribution in [2.45, 2.75) is 19.3 Å². The Balaban J connectivity index is 1.25. The van der Waals surface area contributed by atoms with Crippen LogP contribution in [0.2, 0.25) is 0 Å². The molecule has 1 aliphatic rings. The van der Waals surface area contributed by atoms with E-state index in [0.717, 1.165) is 39.1 Å². The molecule has 9 aromatic carbocycles. The molecule has 56 heavy (non-hydrogen) atoms. The predicted molar refractivity (Wildman–Crippen MR) is 235 cm³/mol. The number of rotatable bonds is 3. The fraction of sp³-hybridized carbons (Fsp3) is 0.0566. The Kier molecular flexibility index (Phi) is 6.40. The third-order valence-corrected chi connectivity index (χ3v) is 12.3. The van der Waals surface area contributed by atoms with Gasteiger partial charge in [0, 0.05) is 32.7 Å². The smallest absolute Gasteiger partial charge is 0.165 e. The van der Waals surface area contributed by atoms with Gasteiger partial charge in [-0.1, -0.05) is 172 Å². The number of nitrogens with zero attached hydrogens (tertiary/aromatic N) is 3. The Bertz CT molecular complexity index is 3440. The second kappa shape index (κ2) is 11.5. The third-order valence-electron chi connectivity index (χ3n) is 12.3. The van der Waals surface area contributed by atoms with Crippen molar-refractivity contribution < 1.29 is 0 Å². The lowest BCUT2D eigenvalue weighted by Gasteiger charge is -2.22. The van der Waals surface area contributed by atoms with Crippen molar-refractivity contribution in [2.75, 3.05) is 0 Å². The minimum absolute atomic E-state index is 0.165. The molecule has 0 saturated heterocycles. The molecule has 262 valence electrons. The molecule has 0 amide bonds. The summed E-state index contributed by atoms with van der Waals surface area (Å²) in [6.45, 7) is 4.76. The Hall–Kier alpha value is -7.10. The topological polar surface area (TPSA) is 30.7 Å². The summed E-state index contributed by atoms with van der Waals surface area (Å²) >= 11 is 0. The molecule has 2 aromatic heterocycles. The summed E-state index contributed by atoms with van der Waals surface area (Å²) in [5, 5.41) is 9.90. The largest absolute Gasteiger partial charge is 0.291 e. The zero-order valence-electron chi connectivity index (χ0n) is 31.1. The summed E-state index contributed by atoms with van der Waals surface area (Å²) in [6.07, 6.45) is 0. The van der Waals surface area contributed by atoms with Crippen molar-refractivity contribution in [1.29, 1.82) is 0 Å². The number of aromatic nitrogens is 3. The first-order valence-electron chi connectivity index (χ1n) is 19.4. The lowest BCUT2D eigenvalue weighted by atomic mass is 9.81. The molecule has 0 aliphatic heterocycles. The normalized spacial score (nSPS) is 13.3. The third kappa shape index (κ3) is 4.23. The molecule has 3 heteroatoms. The lowest BCUT2D eigenvalue weighted by Crippen LogP contribution is -2.15. The fourth-order valence-corrected chi connectivity index (χ4v) is 9.78. The van der Waals surface area contributed by atoms with E-state index in [9.17, 15) is 0 Å². The second-order valence-corrected chi connectivity index (χ2v) is 15.7. The Labute approximate surface area is 324 Å². The first kappa shape index (κ1) is 31.3. The summed E-state index contributed by atoms with van der Waals surface area (Å²) in [7, 11) is 0. The Morgan fingerprint density at radius 2 is 1.07 bits per heavy atom. The van der Waals surface area contributed by atoms with Crippen LogP contribution >= 0.6 is 0 Å². The Morgan fingerprint density at radius 3 is 1.88 bits per heavy atom. The molecule has 0 unspecified atom stereocenters. The minimum Gasteiger partial charge on any atom is -0.291 e. The molecular weight excluding hydrogens is 679 g/mol. The van der Waals surface area contributed by atoms with Crippen molar-refractivity contribution in [1.82, 2.24) is 14.5 Å². The summed E-state index contributed by atoms with van der Waals surface area (Å²) in [5.74, 6) is 0.822. The van der Waals surface area contributed by atoms with Crippen LogP contribution < -0.4 is 0 Å². The molecular formula is C53H35N3. The average molecular weight is 714 g/mol. The van der Waals surface area contributed by atoms with Gasteiger partial charge in [0.25, 0.3) is 0 Å². The van der Waals surface area contributed by atoms with Crippen molar-refractivity contribution in [2.24, 2.45) is 0 Å². The monoisotopic (exact) mass is 713 g/mol. The van der Waals surface area contributed by atoms with Gasteiger partial charge >= 0.3 is 0 Å². The van der Waals surface area contributed by atoms with Crippen LogP contribution in [0.3, 0.4) is 0 Å². The van der Waals surface area contributed by atoms with E-state index >= 15 is 0 Å². The van der Waals surface area contributed by atoms with Crippen LogP contribution in [0, 0.1) is 0 Å². The van der Waals surface area contributed by atoms with E-state index in [0.29, 0.717) is 0 Å². The van der Waals surface area contributed by atoms with Gasteiger partial charge in [-0.25, -0.2) is 9.97 Å². The number of para-hydroxylation sites is 3. The highest BCUT2D eigenvalue weighted by atomic mass is 15.1. The van der Waals surface area contributed by atoms with E-state index in [2.05, 4.69) is 188 Å². The summed E-state index contributed by atoms with van der Waals surface area (Å²) in [4.78, 5) is 10.9. The van der Waals surface area contributed by atoms with Crippen LogP contribution in [0.25, 0.3) is 104 Å². The maximum Gasteiger partial charge on any atom is 0.165 e. The van der Waals surface area contributed by atoms with Crippen LogP contribution in [0.15, 0.2) is 176 Å². The van der Waals surface area contributed by atoms with Crippen LogP contribution in [0.1, 0.15) is 25.0 Å². The predicted octanol–water partition coefficient (Wildman–Crippen LogP) is 13.8. The molecule has 0 atom stereocenters. The van der Waals surface area contributed by atoms with Crippen molar-refractivity contribution in [3.05, 3.63) is 187 Å². The quantitative estimate of drug-likeness (QED) is 0.171. The first-order chi connectivity index (χ1) is 27.6. The molecule has 12 rings (SSSR count). The van der Waals surface area contributed by atoms with Gasteiger partial charge in [0.1, 0.15) is 5.69 Å². The van der Waals surface area contributed by atoms with Crippen LogP contribution in [0.5, 0.6) is 0 Å². The standard InChI is InChI=1S/C53H35N3/c1-53(2)43-30-28-32-15-6-7-18-35(32)47(43)41-29-27-34(31-44(41)53)36-23-14-24-42-48-39-21-10-8-19-37(39)38-20-9-11-22-40(38)51(48)56(50(36)42)52-49(33-16-4-3-5-17-33)54-45-25-12-13-26-46(45)55-52/h3-31H,1-2H3. The van der Waals surface area contributed by atoms with E-state index < -0.39 is 0 Å². The van der Waals surface area contributed by atoms with Gasteiger partial charge in [-0.3, -0.25) is 4.57 Å². The molecule has 11 aromatic rings. The molecule has 0 fully saturated rings. The maximum atomic E-state index is 5.55. The van der Waals surface area contributed by atoms with Gasteiger partial charge in [-0.15, -0.1) is 0 Å². The molecule has 2 heterocycles. The molecule has 0 radical (unpaired) electrons. The van der Waals surface area contributed by atoms with Crippen molar-refractivity contribution in [3.63, 3.8) is 0 Å². The highest BCUT2D eigenvalue weighted by Crippen LogP contribution is 2.53. The van der Waals surface area contributed by atoms with Crippen molar-refractivity contribution >= 4 is 65.2 Å². The van der Waals surface area contributed by atoms with Gasteiger partial charge < -0.3 is 0 Å². The van der Waals surface area contributed by atoms with Gasteiger partial charge in [0.2, 0.25) is 0 Å². The van der Waals surface area contributed by atoms with E-state index in [1.165, 1.54) is 76.5 Å². The summed E-state index contributed by atoms with van der Waals surface area (Å²) in [6, 6.07) is 63.9. The van der Waals surface area contributed by atoms with Crippen LogP contribution in [0.4, 0.5) is 0 Å². The number of benzene rings is 9. The van der Waals surface area contributed by atoms with Crippen LogP contribution in [-0.4, -0.2) is 14.5 Å². The summed E-state index contributed by atoms with van der Waals surface area (Å²) in [5.41, 5.74) is 13.5. The highest BCUT2D eigenvalue weighted by molar-refractivity contribution is 6.33. The molecule has 0 N–H and O–H groups in total. The highest BCUT2D eigenvalue weighted by Gasteiger charge is 2.37. The molecule has 1 aliphatic carbocycles. The zero-order chi connectivity index (χ0) is 37.1. The van der Waals surface area contributed by atoms with E-state index in [-0.39, 0.29) is 5.41 Å². The van der Waals surface area contributed by atoms with Gasteiger partial charge in [-0.05, 0) is 72.9 Å². The average Bonchev–Trinajstić information content (AvgIpc) is 3.73. The molecule has 0 spiro atoms. The molecule has 0 bridgehead atoms. The lowest BCUT2D eigenvalue weighted by molar-refractivity contribution is 0.661. The number of hydrogen-bond donors (Lipinski definition) is 0. The Morgan fingerprint density at radius 1 is 0.429 bits per heavy atom. The van der Waals surface area contributed by atoms with E-state index in [4.69, 9.17) is 9.97 Å². The maximum absolute atomic E-state index is 5.55.